The summed E-state index contributed by atoms with van der Waals surface area (Å²) in [6, 6.07) is 7.78. The molecular weight excluding hydrogens is 414 g/mol. The fraction of sp³-hybridized carbons (Fsp3) is 0.278. The number of carbonyl (C=O) groups excluding carboxylic acids is 1. The van der Waals surface area contributed by atoms with Gasteiger partial charge in [0.25, 0.3) is 5.91 Å². The zero-order valence-electron chi connectivity index (χ0n) is 14.1. The third-order valence-corrected chi connectivity index (χ3v) is 6.65. The first-order valence-corrected chi connectivity index (χ1v) is 10.6. The van der Waals surface area contributed by atoms with Crippen LogP contribution in [0, 0.1) is 5.82 Å². The molecule has 0 saturated heterocycles. The lowest BCUT2D eigenvalue weighted by atomic mass is 10.2. The average Bonchev–Trinajstić information content (AvgIpc) is 3.08. The van der Waals surface area contributed by atoms with E-state index in [2.05, 4.69) is 10.0 Å². The summed E-state index contributed by atoms with van der Waals surface area (Å²) >= 11 is 12.1. The maximum atomic E-state index is 13.8. The zero-order valence-corrected chi connectivity index (χ0v) is 16.5. The molecule has 1 saturated carbocycles. The van der Waals surface area contributed by atoms with Crippen molar-refractivity contribution in [3.8, 4) is 0 Å². The van der Waals surface area contributed by atoms with Crippen molar-refractivity contribution >= 4 is 44.8 Å². The highest BCUT2D eigenvalue weighted by molar-refractivity contribution is 7.89. The quantitative estimate of drug-likeness (QED) is 0.727. The molecule has 0 heterocycles. The minimum atomic E-state index is -3.92. The van der Waals surface area contributed by atoms with Gasteiger partial charge in [0.15, 0.2) is 0 Å². The lowest BCUT2D eigenvalue weighted by Crippen LogP contribution is -2.33. The first kappa shape index (κ1) is 20.1. The number of rotatable bonds is 5. The molecule has 0 unspecified atom stereocenters. The Morgan fingerprint density at radius 2 is 1.74 bits per heavy atom. The van der Waals surface area contributed by atoms with Gasteiger partial charge >= 0.3 is 0 Å². The van der Waals surface area contributed by atoms with Crippen molar-refractivity contribution in [1.82, 2.24) is 4.72 Å². The molecule has 0 bridgehead atoms. The van der Waals surface area contributed by atoms with E-state index in [0.717, 1.165) is 31.7 Å². The van der Waals surface area contributed by atoms with E-state index < -0.39 is 21.7 Å². The van der Waals surface area contributed by atoms with Gasteiger partial charge in [-0.25, -0.2) is 17.5 Å². The van der Waals surface area contributed by atoms with E-state index in [1.54, 1.807) is 6.07 Å². The van der Waals surface area contributed by atoms with Crippen LogP contribution in [0.5, 0.6) is 0 Å². The van der Waals surface area contributed by atoms with Crippen molar-refractivity contribution in [2.45, 2.75) is 36.6 Å². The zero-order chi connectivity index (χ0) is 19.6. The Balaban J connectivity index is 1.91. The molecule has 1 aliphatic carbocycles. The molecule has 1 amide bonds. The molecule has 0 radical (unpaired) electrons. The molecule has 0 spiro atoms. The average molecular weight is 431 g/mol. The predicted molar refractivity (Wildman–Crippen MR) is 103 cm³/mol. The molecule has 144 valence electrons. The van der Waals surface area contributed by atoms with Gasteiger partial charge in [-0.15, -0.1) is 0 Å². The standard InChI is InChI=1S/C18H17Cl2FN2O3S/c19-13-10-14(20)17(27(25,26)23-11-5-1-2-6-11)9-12(13)18(24)22-16-8-4-3-7-15(16)21/h3-4,7-11,23H,1-2,5-6H2,(H,22,24). The molecule has 3 rings (SSSR count). The second-order valence-corrected chi connectivity index (χ2v) is 8.80. The molecule has 2 N–H and O–H groups in total. The summed E-state index contributed by atoms with van der Waals surface area (Å²) < 4.78 is 41.7. The summed E-state index contributed by atoms with van der Waals surface area (Å²) in [4.78, 5) is 12.3. The molecule has 1 fully saturated rings. The van der Waals surface area contributed by atoms with Gasteiger partial charge in [-0.3, -0.25) is 4.79 Å². The summed E-state index contributed by atoms with van der Waals surface area (Å²) in [5.74, 6) is -1.36. The fourth-order valence-corrected chi connectivity index (χ4v) is 5.15. The molecule has 0 aromatic heterocycles. The fourth-order valence-electron chi connectivity index (χ4n) is 2.99. The van der Waals surface area contributed by atoms with E-state index in [1.165, 1.54) is 24.3 Å². The molecule has 1 aliphatic rings. The number of hydrogen-bond acceptors (Lipinski definition) is 3. The number of sulfonamides is 1. The second kappa shape index (κ2) is 8.14. The van der Waals surface area contributed by atoms with E-state index in [1.807, 2.05) is 0 Å². The van der Waals surface area contributed by atoms with Crippen molar-refractivity contribution in [2.24, 2.45) is 0 Å². The van der Waals surface area contributed by atoms with E-state index in [9.17, 15) is 17.6 Å². The number of halogens is 3. The number of hydrogen-bond donors (Lipinski definition) is 2. The Bertz CT molecular complexity index is 977. The summed E-state index contributed by atoms with van der Waals surface area (Å²) in [7, 11) is -3.92. The molecule has 27 heavy (non-hydrogen) atoms. The lowest BCUT2D eigenvalue weighted by Gasteiger charge is -2.15. The number of amides is 1. The lowest BCUT2D eigenvalue weighted by molar-refractivity contribution is 0.102. The predicted octanol–water partition coefficient (Wildman–Crippen LogP) is 4.61. The van der Waals surface area contributed by atoms with Crippen LogP contribution in [0.1, 0.15) is 36.0 Å². The minimum Gasteiger partial charge on any atom is -0.319 e. The van der Waals surface area contributed by atoms with E-state index in [-0.39, 0.29) is 32.2 Å². The maximum Gasteiger partial charge on any atom is 0.257 e. The van der Waals surface area contributed by atoms with Crippen LogP contribution in [0.3, 0.4) is 0 Å². The summed E-state index contributed by atoms with van der Waals surface area (Å²) in [6.45, 7) is 0. The van der Waals surface area contributed by atoms with Gasteiger partial charge in [-0.05, 0) is 37.1 Å². The Hall–Kier alpha value is -1.67. The van der Waals surface area contributed by atoms with Crippen LogP contribution in [0.4, 0.5) is 10.1 Å². The number of nitrogens with one attached hydrogen (secondary N) is 2. The highest BCUT2D eigenvalue weighted by atomic mass is 35.5. The van der Waals surface area contributed by atoms with Crippen LogP contribution < -0.4 is 10.0 Å². The topological polar surface area (TPSA) is 75.3 Å². The molecule has 2 aromatic carbocycles. The Labute approximate surface area is 166 Å². The van der Waals surface area contributed by atoms with Crippen LogP contribution >= 0.6 is 23.2 Å². The molecular formula is C18H17Cl2FN2O3S. The van der Waals surface area contributed by atoms with Crippen LogP contribution in [0.2, 0.25) is 10.0 Å². The number of para-hydroxylation sites is 1. The molecule has 5 nitrogen and oxygen atoms in total. The number of carbonyl (C=O) groups is 1. The maximum absolute atomic E-state index is 13.8. The number of anilines is 1. The van der Waals surface area contributed by atoms with E-state index in [0.29, 0.717) is 0 Å². The van der Waals surface area contributed by atoms with Gasteiger partial charge in [0, 0.05) is 6.04 Å². The van der Waals surface area contributed by atoms with Crippen LogP contribution in [0.25, 0.3) is 0 Å². The van der Waals surface area contributed by atoms with Gasteiger partial charge < -0.3 is 5.32 Å². The summed E-state index contributed by atoms with van der Waals surface area (Å²) in [5, 5.41) is 2.26. The normalized spacial score (nSPS) is 15.1. The van der Waals surface area contributed by atoms with Crippen molar-refractivity contribution < 1.29 is 17.6 Å². The first-order valence-electron chi connectivity index (χ1n) is 8.35. The first-order chi connectivity index (χ1) is 12.8. The van der Waals surface area contributed by atoms with Gasteiger partial charge in [0.05, 0.1) is 21.3 Å². The molecule has 2 aromatic rings. The molecule has 0 aliphatic heterocycles. The highest BCUT2D eigenvalue weighted by Gasteiger charge is 2.27. The SMILES string of the molecule is O=C(Nc1ccccc1F)c1cc(S(=O)(=O)NC2CCCC2)c(Cl)cc1Cl. The van der Waals surface area contributed by atoms with E-state index in [4.69, 9.17) is 23.2 Å². The second-order valence-electron chi connectivity index (χ2n) is 6.30. The van der Waals surface area contributed by atoms with E-state index >= 15 is 0 Å². The Morgan fingerprint density at radius 1 is 1.07 bits per heavy atom. The van der Waals surface area contributed by atoms with Crippen molar-refractivity contribution in [1.29, 1.82) is 0 Å². The monoisotopic (exact) mass is 430 g/mol. The molecule has 0 atom stereocenters. The van der Waals surface area contributed by atoms with Gasteiger partial charge in [0.2, 0.25) is 10.0 Å². The van der Waals surface area contributed by atoms with Crippen LogP contribution in [0.15, 0.2) is 41.3 Å². The summed E-state index contributed by atoms with van der Waals surface area (Å²) in [5.41, 5.74) is -0.155. The largest absolute Gasteiger partial charge is 0.319 e. The van der Waals surface area contributed by atoms with Crippen LogP contribution in [-0.2, 0) is 10.0 Å². The van der Waals surface area contributed by atoms with Crippen molar-refractivity contribution in [3.63, 3.8) is 0 Å². The van der Waals surface area contributed by atoms with Gasteiger partial charge in [0.1, 0.15) is 10.7 Å². The smallest absolute Gasteiger partial charge is 0.257 e. The third kappa shape index (κ3) is 4.60. The number of benzene rings is 2. The highest BCUT2D eigenvalue weighted by Crippen LogP contribution is 2.30. The van der Waals surface area contributed by atoms with Gasteiger partial charge in [-0.2, -0.15) is 0 Å². The Morgan fingerprint density at radius 3 is 2.41 bits per heavy atom. The van der Waals surface area contributed by atoms with Crippen molar-refractivity contribution in [3.05, 3.63) is 57.8 Å². The van der Waals surface area contributed by atoms with Gasteiger partial charge in [-0.1, -0.05) is 48.2 Å². The minimum absolute atomic E-state index is 0.0337. The molecule has 9 heteroatoms. The summed E-state index contributed by atoms with van der Waals surface area (Å²) in [6.07, 6.45) is 3.42. The van der Waals surface area contributed by atoms with Crippen molar-refractivity contribution in [2.75, 3.05) is 5.32 Å². The third-order valence-electron chi connectivity index (χ3n) is 4.35. The Kier molecular flexibility index (Phi) is 6.05. The van der Waals surface area contributed by atoms with Crippen LogP contribution in [-0.4, -0.2) is 20.4 Å².